The van der Waals surface area contributed by atoms with Gasteiger partial charge in [0.05, 0.1) is 13.7 Å². The van der Waals surface area contributed by atoms with Crippen molar-refractivity contribution in [1.82, 2.24) is 14.9 Å². The van der Waals surface area contributed by atoms with Gasteiger partial charge in [-0.3, -0.25) is 0 Å². The molecule has 1 atom stereocenters. The number of nitrogens with zero attached hydrogens (tertiary/aromatic N) is 3. The highest BCUT2D eigenvalue weighted by molar-refractivity contribution is 5.60. The number of rotatable bonds is 10. The third kappa shape index (κ3) is 5.93. The van der Waals surface area contributed by atoms with E-state index in [1.165, 1.54) is 0 Å². The average Bonchev–Trinajstić information content (AvgIpc) is 3.16. The van der Waals surface area contributed by atoms with E-state index in [9.17, 15) is 4.39 Å². The molecule has 1 aliphatic rings. The fraction of sp³-hybridized carbons (Fsp3) is 0.524. The standard InChI is InChI=1S/C21H30FN5O2/c1-4-16-13-20(23-2)26-21(24-16)25-17-6-7-18(28-3)19(12-17)29-11-5-9-27-10-8-15(22)14-27/h6-7,12-13,15H,4-5,8-11,14H2,1-3H3,(H2,23,24,25,26)/t15-/m1/s1. The van der Waals surface area contributed by atoms with Crippen molar-refractivity contribution in [1.29, 1.82) is 0 Å². The zero-order chi connectivity index (χ0) is 20.6. The van der Waals surface area contributed by atoms with Gasteiger partial charge in [-0.1, -0.05) is 6.92 Å². The topological polar surface area (TPSA) is 71.5 Å². The number of hydrogen-bond acceptors (Lipinski definition) is 7. The summed E-state index contributed by atoms with van der Waals surface area (Å²) in [5.74, 6) is 2.61. The lowest BCUT2D eigenvalue weighted by Crippen LogP contribution is -2.23. The van der Waals surface area contributed by atoms with E-state index in [0.717, 1.165) is 43.1 Å². The van der Waals surface area contributed by atoms with Crippen LogP contribution in [0.4, 0.5) is 21.8 Å². The van der Waals surface area contributed by atoms with E-state index < -0.39 is 6.17 Å². The van der Waals surface area contributed by atoms with Gasteiger partial charge in [0, 0.05) is 50.2 Å². The number of methoxy groups -OCH3 is 1. The Bertz CT molecular complexity index is 782. The second-order valence-corrected chi connectivity index (χ2v) is 7.05. The fourth-order valence-corrected chi connectivity index (χ4v) is 3.32. The molecule has 1 aromatic heterocycles. The number of alkyl halides is 1. The molecule has 0 unspecified atom stereocenters. The van der Waals surface area contributed by atoms with Crippen LogP contribution in [-0.2, 0) is 6.42 Å². The van der Waals surface area contributed by atoms with Crippen LogP contribution < -0.4 is 20.1 Å². The fourth-order valence-electron chi connectivity index (χ4n) is 3.32. The SMILES string of the molecule is CCc1cc(NC)nc(Nc2ccc(OC)c(OCCCN3CC[C@@H](F)C3)c2)n1. The molecular weight excluding hydrogens is 373 g/mol. The summed E-state index contributed by atoms with van der Waals surface area (Å²) in [7, 11) is 3.45. The first-order chi connectivity index (χ1) is 14.1. The molecule has 7 nitrogen and oxygen atoms in total. The minimum absolute atomic E-state index is 0.527. The second-order valence-electron chi connectivity index (χ2n) is 7.05. The summed E-state index contributed by atoms with van der Waals surface area (Å²) in [5.41, 5.74) is 1.77. The minimum Gasteiger partial charge on any atom is -0.493 e. The van der Waals surface area contributed by atoms with Gasteiger partial charge in [-0.05, 0) is 31.4 Å². The van der Waals surface area contributed by atoms with Gasteiger partial charge in [-0.2, -0.15) is 4.98 Å². The van der Waals surface area contributed by atoms with Crippen molar-refractivity contribution in [3.05, 3.63) is 30.0 Å². The van der Waals surface area contributed by atoms with E-state index in [2.05, 4.69) is 32.4 Å². The van der Waals surface area contributed by atoms with E-state index >= 15 is 0 Å². The molecule has 0 aliphatic carbocycles. The van der Waals surface area contributed by atoms with Gasteiger partial charge < -0.3 is 25.0 Å². The van der Waals surface area contributed by atoms with Crippen molar-refractivity contribution in [2.24, 2.45) is 0 Å². The Labute approximate surface area is 171 Å². The molecule has 0 radical (unpaired) electrons. The maximum Gasteiger partial charge on any atom is 0.229 e. The Morgan fingerprint density at radius 1 is 1.24 bits per heavy atom. The number of aromatic nitrogens is 2. The third-order valence-corrected chi connectivity index (χ3v) is 4.91. The van der Waals surface area contributed by atoms with Gasteiger partial charge in [0.15, 0.2) is 11.5 Å². The Morgan fingerprint density at radius 2 is 2.10 bits per heavy atom. The highest BCUT2D eigenvalue weighted by atomic mass is 19.1. The molecule has 1 aliphatic heterocycles. The summed E-state index contributed by atoms with van der Waals surface area (Å²) in [6.07, 6.45) is 1.61. The van der Waals surface area contributed by atoms with Crippen molar-refractivity contribution < 1.29 is 13.9 Å². The smallest absolute Gasteiger partial charge is 0.229 e. The number of anilines is 3. The predicted molar refractivity (Wildman–Crippen MR) is 113 cm³/mol. The highest BCUT2D eigenvalue weighted by Crippen LogP contribution is 2.31. The summed E-state index contributed by atoms with van der Waals surface area (Å²) in [5, 5.41) is 6.29. The zero-order valence-corrected chi connectivity index (χ0v) is 17.4. The van der Waals surface area contributed by atoms with Crippen LogP contribution in [0.15, 0.2) is 24.3 Å². The Kier molecular flexibility index (Phi) is 7.46. The van der Waals surface area contributed by atoms with Crippen LogP contribution in [0.2, 0.25) is 0 Å². The van der Waals surface area contributed by atoms with Crippen molar-refractivity contribution >= 4 is 17.5 Å². The molecule has 3 rings (SSSR count). The molecule has 158 valence electrons. The van der Waals surface area contributed by atoms with Crippen molar-refractivity contribution in [3.8, 4) is 11.5 Å². The van der Waals surface area contributed by atoms with Gasteiger partial charge in [0.25, 0.3) is 0 Å². The van der Waals surface area contributed by atoms with Crippen LogP contribution in [0.3, 0.4) is 0 Å². The highest BCUT2D eigenvalue weighted by Gasteiger charge is 2.20. The Morgan fingerprint density at radius 3 is 2.79 bits per heavy atom. The number of likely N-dealkylation sites (tertiary alicyclic amines) is 1. The van der Waals surface area contributed by atoms with E-state index in [1.807, 2.05) is 31.3 Å². The monoisotopic (exact) mass is 403 g/mol. The van der Waals surface area contributed by atoms with E-state index in [-0.39, 0.29) is 0 Å². The lowest BCUT2D eigenvalue weighted by molar-refractivity contribution is 0.242. The first kappa shape index (κ1) is 21.1. The maximum absolute atomic E-state index is 13.3. The number of hydrogen-bond donors (Lipinski definition) is 2. The number of nitrogens with one attached hydrogen (secondary N) is 2. The van der Waals surface area contributed by atoms with E-state index in [1.54, 1.807) is 7.11 Å². The third-order valence-electron chi connectivity index (χ3n) is 4.91. The number of benzene rings is 1. The van der Waals surface area contributed by atoms with Gasteiger partial charge in [0.2, 0.25) is 5.95 Å². The number of halogens is 1. The van der Waals surface area contributed by atoms with Crippen LogP contribution >= 0.6 is 0 Å². The molecular formula is C21H30FN5O2. The van der Waals surface area contributed by atoms with Crippen LogP contribution in [0.25, 0.3) is 0 Å². The summed E-state index contributed by atoms with van der Waals surface area (Å²) < 4.78 is 24.6. The molecule has 1 fully saturated rings. The Balaban J connectivity index is 1.62. The second kappa shape index (κ2) is 10.2. The van der Waals surface area contributed by atoms with Crippen molar-refractivity contribution in [2.45, 2.75) is 32.4 Å². The quantitative estimate of drug-likeness (QED) is 0.587. The van der Waals surface area contributed by atoms with Crippen molar-refractivity contribution in [2.75, 3.05) is 51.0 Å². The van der Waals surface area contributed by atoms with Crippen LogP contribution in [0, 0.1) is 0 Å². The van der Waals surface area contributed by atoms with E-state index in [4.69, 9.17) is 9.47 Å². The normalized spacial score (nSPS) is 16.6. The molecule has 2 aromatic rings. The molecule has 0 amide bonds. The molecule has 1 aromatic carbocycles. The number of aryl methyl sites for hydroxylation is 1. The minimum atomic E-state index is -0.685. The van der Waals surface area contributed by atoms with Crippen LogP contribution in [-0.4, -0.2) is 61.4 Å². The molecule has 8 heteroatoms. The summed E-state index contributed by atoms with van der Waals surface area (Å²) >= 11 is 0. The average molecular weight is 404 g/mol. The van der Waals surface area contributed by atoms with Gasteiger partial charge in [0.1, 0.15) is 12.0 Å². The van der Waals surface area contributed by atoms with Crippen LogP contribution in [0.5, 0.6) is 11.5 Å². The first-order valence-electron chi connectivity index (χ1n) is 10.1. The molecule has 1 saturated heterocycles. The number of ether oxygens (including phenoxy) is 2. The molecule has 2 heterocycles. The molecule has 2 N–H and O–H groups in total. The lowest BCUT2D eigenvalue weighted by atomic mass is 10.2. The Hall–Kier alpha value is -2.61. The van der Waals surface area contributed by atoms with Gasteiger partial charge >= 0.3 is 0 Å². The summed E-state index contributed by atoms with van der Waals surface area (Å²) in [6.45, 7) is 4.80. The summed E-state index contributed by atoms with van der Waals surface area (Å²) in [4.78, 5) is 11.1. The largest absolute Gasteiger partial charge is 0.493 e. The van der Waals surface area contributed by atoms with Crippen LogP contribution in [0.1, 0.15) is 25.5 Å². The zero-order valence-electron chi connectivity index (χ0n) is 17.4. The molecule has 0 saturated carbocycles. The van der Waals surface area contributed by atoms with Gasteiger partial charge in [-0.15, -0.1) is 0 Å². The molecule has 29 heavy (non-hydrogen) atoms. The first-order valence-corrected chi connectivity index (χ1v) is 10.1. The van der Waals surface area contributed by atoms with E-state index in [0.29, 0.717) is 37.0 Å². The van der Waals surface area contributed by atoms with Crippen molar-refractivity contribution in [3.63, 3.8) is 0 Å². The summed E-state index contributed by atoms with van der Waals surface area (Å²) in [6, 6.07) is 7.57. The molecule has 0 spiro atoms. The maximum atomic E-state index is 13.3. The van der Waals surface area contributed by atoms with Gasteiger partial charge in [-0.25, -0.2) is 9.37 Å². The lowest BCUT2D eigenvalue weighted by Gasteiger charge is -2.16. The predicted octanol–water partition coefficient (Wildman–Crippen LogP) is 3.65. The molecule has 0 bridgehead atoms.